The van der Waals surface area contributed by atoms with E-state index in [1.54, 1.807) is 0 Å². The molecule has 0 bridgehead atoms. The molecular formula is C14H24ClN3. The number of aryl methyl sites for hydroxylation is 1. The van der Waals surface area contributed by atoms with Gasteiger partial charge in [0.2, 0.25) is 0 Å². The van der Waals surface area contributed by atoms with Gasteiger partial charge in [0, 0.05) is 25.3 Å². The Hall–Kier alpha value is -0.640. The third-order valence-corrected chi connectivity index (χ3v) is 3.40. The van der Waals surface area contributed by atoms with Gasteiger partial charge in [-0.15, -0.1) is 12.4 Å². The number of nitrogens with zero attached hydrogens (tertiary/aromatic N) is 2. The van der Waals surface area contributed by atoms with Gasteiger partial charge in [-0.2, -0.15) is 0 Å². The molecule has 0 spiro atoms. The number of hydrogen-bond donors (Lipinski definition) is 1. The highest BCUT2D eigenvalue weighted by atomic mass is 35.5. The van der Waals surface area contributed by atoms with Crippen LogP contribution in [0.15, 0.2) is 18.3 Å². The van der Waals surface area contributed by atoms with Crippen molar-refractivity contribution in [2.24, 2.45) is 0 Å². The van der Waals surface area contributed by atoms with Gasteiger partial charge in [-0.25, -0.2) is 0 Å². The standard InChI is InChI=1S/C14H23N3.ClH/c1-3-8-17(14-6-7-15-10-14)11-13-5-4-12(2)9-16-13;/h4-5,9,14-15H,3,6-8,10-11H2,1-2H3;1H. The molecule has 1 saturated heterocycles. The summed E-state index contributed by atoms with van der Waals surface area (Å²) in [5.41, 5.74) is 2.43. The molecule has 2 heterocycles. The molecule has 0 radical (unpaired) electrons. The lowest BCUT2D eigenvalue weighted by atomic mass is 10.2. The zero-order valence-electron chi connectivity index (χ0n) is 11.4. The van der Waals surface area contributed by atoms with Crippen molar-refractivity contribution in [2.45, 2.75) is 39.3 Å². The summed E-state index contributed by atoms with van der Waals surface area (Å²) in [6, 6.07) is 5.00. The molecule has 2 rings (SSSR count). The second kappa shape index (κ2) is 7.72. The molecule has 1 atom stereocenters. The summed E-state index contributed by atoms with van der Waals surface area (Å²) in [5.74, 6) is 0. The topological polar surface area (TPSA) is 28.2 Å². The molecule has 0 aromatic carbocycles. The van der Waals surface area contributed by atoms with E-state index in [4.69, 9.17) is 0 Å². The lowest BCUT2D eigenvalue weighted by molar-refractivity contribution is 0.197. The zero-order chi connectivity index (χ0) is 12.1. The Labute approximate surface area is 116 Å². The van der Waals surface area contributed by atoms with Crippen LogP contribution in [0, 0.1) is 6.92 Å². The SMILES string of the molecule is CCCN(Cc1ccc(C)cn1)C1CCNC1.Cl. The van der Waals surface area contributed by atoms with Crippen molar-refractivity contribution in [2.75, 3.05) is 19.6 Å². The fourth-order valence-corrected chi connectivity index (χ4v) is 2.43. The van der Waals surface area contributed by atoms with Gasteiger partial charge in [0.05, 0.1) is 5.69 Å². The molecule has 3 nitrogen and oxygen atoms in total. The van der Waals surface area contributed by atoms with E-state index >= 15 is 0 Å². The normalized spacial score (nSPS) is 18.9. The lowest BCUT2D eigenvalue weighted by Gasteiger charge is -2.27. The molecule has 1 N–H and O–H groups in total. The predicted molar refractivity (Wildman–Crippen MR) is 78.2 cm³/mol. The lowest BCUT2D eigenvalue weighted by Crippen LogP contribution is -2.37. The molecule has 1 aromatic heterocycles. The van der Waals surface area contributed by atoms with Crippen LogP contribution < -0.4 is 5.32 Å². The van der Waals surface area contributed by atoms with Crippen LogP contribution in [-0.2, 0) is 6.54 Å². The third-order valence-electron chi connectivity index (χ3n) is 3.40. The quantitative estimate of drug-likeness (QED) is 0.890. The summed E-state index contributed by atoms with van der Waals surface area (Å²) in [6.45, 7) is 8.78. The van der Waals surface area contributed by atoms with Crippen LogP contribution in [-0.4, -0.2) is 35.6 Å². The van der Waals surface area contributed by atoms with Crippen molar-refractivity contribution in [3.8, 4) is 0 Å². The van der Waals surface area contributed by atoms with E-state index < -0.39 is 0 Å². The van der Waals surface area contributed by atoms with Gasteiger partial charge in [0.25, 0.3) is 0 Å². The molecule has 1 aromatic rings. The number of halogens is 1. The molecule has 0 saturated carbocycles. The largest absolute Gasteiger partial charge is 0.315 e. The second-order valence-electron chi connectivity index (χ2n) is 4.94. The molecule has 1 aliphatic rings. The van der Waals surface area contributed by atoms with Gasteiger partial charge in [0.15, 0.2) is 0 Å². The monoisotopic (exact) mass is 269 g/mol. The van der Waals surface area contributed by atoms with E-state index in [0.29, 0.717) is 6.04 Å². The van der Waals surface area contributed by atoms with Crippen LogP contribution in [0.25, 0.3) is 0 Å². The average Bonchev–Trinajstić information content (AvgIpc) is 2.85. The van der Waals surface area contributed by atoms with Crippen LogP contribution in [0.5, 0.6) is 0 Å². The fourth-order valence-electron chi connectivity index (χ4n) is 2.43. The van der Waals surface area contributed by atoms with E-state index in [2.05, 4.69) is 41.2 Å². The van der Waals surface area contributed by atoms with Crippen LogP contribution in [0.4, 0.5) is 0 Å². The van der Waals surface area contributed by atoms with Crippen LogP contribution in [0.2, 0.25) is 0 Å². The highest BCUT2D eigenvalue weighted by Crippen LogP contribution is 2.13. The molecular weight excluding hydrogens is 246 g/mol. The second-order valence-corrected chi connectivity index (χ2v) is 4.94. The fraction of sp³-hybridized carbons (Fsp3) is 0.643. The first-order chi connectivity index (χ1) is 8.29. The van der Waals surface area contributed by atoms with E-state index in [1.165, 1.54) is 30.6 Å². The first-order valence-corrected chi connectivity index (χ1v) is 6.66. The van der Waals surface area contributed by atoms with Crippen molar-refractivity contribution in [3.05, 3.63) is 29.6 Å². The zero-order valence-corrected chi connectivity index (χ0v) is 12.2. The number of aromatic nitrogens is 1. The van der Waals surface area contributed by atoms with E-state index in [-0.39, 0.29) is 12.4 Å². The smallest absolute Gasteiger partial charge is 0.0544 e. The van der Waals surface area contributed by atoms with Gasteiger partial charge in [-0.05, 0) is 44.5 Å². The maximum Gasteiger partial charge on any atom is 0.0544 e. The maximum atomic E-state index is 4.51. The number of hydrogen-bond acceptors (Lipinski definition) is 3. The maximum absolute atomic E-state index is 4.51. The van der Waals surface area contributed by atoms with Crippen LogP contribution >= 0.6 is 12.4 Å². The molecule has 1 aliphatic heterocycles. The molecule has 1 fully saturated rings. The molecule has 0 aliphatic carbocycles. The van der Waals surface area contributed by atoms with Gasteiger partial charge >= 0.3 is 0 Å². The first kappa shape index (κ1) is 15.4. The van der Waals surface area contributed by atoms with E-state index in [0.717, 1.165) is 19.6 Å². The highest BCUT2D eigenvalue weighted by Gasteiger charge is 2.21. The molecule has 1 unspecified atom stereocenters. The predicted octanol–water partition coefficient (Wildman–Crippen LogP) is 2.39. The van der Waals surface area contributed by atoms with Crippen molar-refractivity contribution in [1.82, 2.24) is 15.2 Å². The third kappa shape index (κ3) is 4.23. The summed E-state index contributed by atoms with van der Waals surface area (Å²) in [5, 5.41) is 3.44. The van der Waals surface area contributed by atoms with Gasteiger partial charge in [-0.3, -0.25) is 9.88 Å². The Morgan fingerprint density at radius 2 is 2.28 bits per heavy atom. The molecule has 0 amide bonds. The van der Waals surface area contributed by atoms with Crippen LogP contribution in [0.1, 0.15) is 31.0 Å². The summed E-state index contributed by atoms with van der Waals surface area (Å²) in [6.07, 6.45) is 4.45. The van der Waals surface area contributed by atoms with Gasteiger partial charge in [-0.1, -0.05) is 13.0 Å². The molecule has 4 heteroatoms. The van der Waals surface area contributed by atoms with Crippen molar-refractivity contribution >= 4 is 12.4 Å². The average molecular weight is 270 g/mol. The Kier molecular flexibility index (Phi) is 6.61. The number of pyridine rings is 1. The van der Waals surface area contributed by atoms with E-state index in [1.807, 2.05) is 6.20 Å². The molecule has 18 heavy (non-hydrogen) atoms. The highest BCUT2D eigenvalue weighted by molar-refractivity contribution is 5.85. The van der Waals surface area contributed by atoms with Gasteiger partial charge < -0.3 is 5.32 Å². The van der Waals surface area contributed by atoms with E-state index in [9.17, 15) is 0 Å². The molecule has 102 valence electrons. The number of rotatable bonds is 5. The Morgan fingerprint density at radius 1 is 1.44 bits per heavy atom. The minimum absolute atomic E-state index is 0. The Morgan fingerprint density at radius 3 is 2.83 bits per heavy atom. The van der Waals surface area contributed by atoms with Crippen molar-refractivity contribution < 1.29 is 0 Å². The van der Waals surface area contributed by atoms with Crippen LogP contribution in [0.3, 0.4) is 0 Å². The minimum atomic E-state index is 0. The summed E-state index contributed by atoms with van der Waals surface area (Å²) in [7, 11) is 0. The Bertz CT molecular complexity index is 333. The first-order valence-electron chi connectivity index (χ1n) is 6.66. The van der Waals surface area contributed by atoms with Gasteiger partial charge in [0.1, 0.15) is 0 Å². The minimum Gasteiger partial charge on any atom is -0.315 e. The van der Waals surface area contributed by atoms with Crippen molar-refractivity contribution in [1.29, 1.82) is 0 Å². The summed E-state index contributed by atoms with van der Waals surface area (Å²) >= 11 is 0. The summed E-state index contributed by atoms with van der Waals surface area (Å²) < 4.78 is 0. The number of nitrogens with one attached hydrogen (secondary N) is 1. The van der Waals surface area contributed by atoms with Crippen molar-refractivity contribution in [3.63, 3.8) is 0 Å². The summed E-state index contributed by atoms with van der Waals surface area (Å²) in [4.78, 5) is 7.08. The Balaban J connectivity index is 0.00000162.